The Labute approximate surface area is 233 Å². The van der Waals surface area contributed by atoms with Crippen LogP contribution >= 0.6 is 0 Å². The smallest absolute Gasteiger partial charge is 0.275 e. The van der Waals surface area contributed by atoms with Crippen LogP contribution in [0, 0.1) is 23.5 Å². The van der Waals surface area contributed by atoms with Crippen LogP contribution in [0.1, 0.15) is 86.8 Å². The third kappa shape index (κ3) is 5.46. The van der Waals surface area contributed by atoms with Crippen LogP contribution in [-0.4, -0.2) is 34.6 Å². The lowest BCUT2D eigenvalue weighted by Gasteiger charge is -2.46. The molecule has 1 saturated carbocycles. The second-order valence-electron chi connectivity index (χ2n) is 11.3. The molecule has 2 aromatic carbocycles. The summed E-state index contributed by atoms with van der Waals surface area (Å²) in [4.78, 5) is 33.6. The summed E-state index contributed by atoms with van der Waals surface area (Å²) in [6.45, 7) is 6.81. The first-order valence-electron chi connectivity index (χ1n) is 14.1. The van der Waals surface area contributed by atoms with E-state index in [0.29, 0.717) is 48.9 Å². The fraction of sp³-hybridized carbons (Fsp3) is 0.452. The minimum Gasteiger partial charge on any atom is -0.346 e. The van der Waals surface area contributed by atoms with Crippen molar-refractivity contribution in [2.75, 3.05) is 6.54 Å². The molecule has 2 aliphatic heterocycles. The normalized spacial score (nSPS) is 22.8. The molecule has 1 N–H and O–H groups in total. The van der Waals surface area contributed by atoms with Crippen molar-refractivity contribution in [3.8, 4) is 0 Å². The fourth-order valence-electron chi connectivity index (χ4n) is 6.11. The summed E-state index contributed by atoms with van der Waals surface area (Å²) >= 11 is 0. The molecule has 1 unspecified atom stereocenters. The Bertz CT molecular complexity index is 1350. The van der Waals surface area contributed by atoms with Gasteiger partial charge in [-0.25, -0.2) is 8.78 Å². The van der Waals surface area contributed by atoms with Crippen LogP contribution < -0.4 is 5.32 Å². The van der Waals surface area contributed by atoms with E-state index in [1.54, 1.807) is 18.3 Å². The van der Waals surface area contributed by atoms with Gasteiger partial charge in [-0.2, -0.15) is 10.2 Å². The van der Waals surface area contributed by atoms with Crippen molar-refractivity contribution >= 4 is 17.5 Å². The van der Waals surface area contributed by atoms with Gasteiger partial charge >= 0.3 is 0 Å². The van der Waals surface area contributed by atoms with Crippen molar-refractivity contribution in [3.63, 3.8) is 0 Å². The topological polar surface area (TPSA) is 86.5 Å². The second kappa shape index (κ2) is 11.4. The number of carbonyl (C=O) groups excluding carboxylic acids is 2. The molecule has 3 aliphatic rings. The molecule has 7 nitrogen and oxygen atoms in total. The van der Waals surface area contributed by atoms with Crippen LogP contribution in [0.25, 0.3) is 0 Å². The summed E-state index contributed by atoms with van der Waals surface area (Å²) in [7, 11) is 0. The number of aliphatic imine (C=N–C) groups is 1. The maximum Gasteiger partial charge on any atom is 0.275 e. The second-order valence-corrected chi connectivity index (χ2v) is 11.3. The average molecular weight is 548 g/mol. The van der Waals surface area contributed by atoms with Crippen molar-refractivity contribution in [2.45, 2.75) is 71.0 Å². The minimum atomic E-state index is -0.776. The van der Waals surface area contributed by atoms with Gasteiger partial charge in [0.25, 0.3) is 11.8 Å². The summed E-state index contributed by atoms with van der Waals surface area (Å²) < 4.78 is 28.4. The van der Waals surface area contributed by atoms with E-state index in [9.17, 15) is 18.4 Å². The van der Waals surface area contributed by atoms with Crippen LogP contribution in [-0.2, 0) is 4.79 Å². The molecule has 0 aromatic heterocycles. The molecular weight excluding hydrogens is 512 g/mol. The molecule has 1 spiro atoms. The summed E-state index contributed by atoms with van der Waals surface area (Å²) in [5.41, 5.74) is 1.62. The molecule has 210 valence electrons. The molecule has 1 atom stereocenters. The van der Waals surface area contributed by atoms with Crippen molar-refractivity contribution in [2.24, 2.45) is 27.1 Å². The maximum absolute atomic E-state index is 14.2. The summed E-state index contributed by atoms with van der Waals surface area (Å²) in [5, 5.41) is 10.3. The Balaban J connectivity index is 1.47. The van der Waals surface area contributed by atoms with Crippen LogP contribution in [0.4, 0.5) is 8.78 Å². The Kier molecular flexibility index (Phi) is 7.92. The van der Waals surface area contributed by atoms with Crippen molar-refractivity contribution in [1.82, 2.24) is 10.2 Å². The predicted octanol–water partition coefficient (Wildman–Crippen LogP) is 6.72. The monoisotopic (exact) mass is 547 g/mol. The molecule has 5 rings (SSSR count). The highest BCUT2D eigenvalue weighted by Gasteiger charge is 2.52. The molecular formula is C31H35F2N5O2. The maximum atomic E-state index is 14.2. The van der Waals surface area contributed by atoms with Crippen LogP contribution in [0.2, 0.25) is 0 Å². The van der Waals surface area contributed by atoms with E-state index in [4.69, 9.17) is 4.99 Å². The van der Waals surface area contributed by atoms with E-state index in [2.05, 4.69) is 36.3 Å². The molecule has 2 aromatic rings. The highest BCUT2D eigenvalue weighted by molar-refractivity contribution is 6.46. The van der Waals surface area contributed by atoms with Gasteiger partial charge in [-0.1, -0.05) is 39.3 Å². The van der Waals surface area contributed by atoms with E-state index in [1.165, 1.54) is 12.1 Å². The molecule has 40 heavy (non-hydrogen) atoms. The number of hydrogen-bond acceptors (Lipinski definition) is 5. The van der Waals surface area contributed by atoms with Gasteiger partial charge in [0.1, 0.15) is 28.7 Å². The third-order valence-electron chi connectivity index (χ3n) is 8.35. The van der Waals surface area contributed by atoms with E-state index in [1.807, 2.05) is 17.0 Å². The molecule has 0 saturated heterocycles. The quantitative estimate of drug-likeness (QED) is 0.378. The molecule has 2 heterocycles. The molecule has 9 heteroatoms. The van der Waals surface area contributed by atoms with Gasteiger partial charge in [-0.3, -0.25) is 14.6 Å². The minimum absolute atomic E-state index is 0.112. The van der Waals surface area contributed by atoms with E-state index in [0.717, 1.165) is 30.9 Å². The predicted molar refractivity (Wildman–Crippen MR) is 149 cm³/mol. The number of amides is 2. The summed E-state index contributed by atoms with van der Waals surface area (Å²) in [6.07, 6.45) is 6.33. The number of nitrogens with one attached hydrogen (secondary N) is 1. The Morgan fingerprint density at radius 2 is 1.75 bits per heavy atom. The number of carbonyl (C=O) groups is 2. The van der Waals surface area contributed by atoms with E-state index in [-0.39, 0.29) is 29.1 Å². The lowest BCUT2D eigenvalue weighted by molar-refractivity contribution is -0.133. The zero-order chi connectivity index (χ0) is 28.4. The zero-order valence-corrected chi connectivity index (χ0v) is 23.2. The van der Waals surface area contributed by atoms with Crippen molar-refractivity contribution in [3.05, 3.63) is 82.7 Å². The number of nitrogens with zero attached hydrogens (tertiary/aromatic N) is 4. The number of halogens is 2. The van der Waals surface area contributed by atoms with Gasteiger partial charge in [0, 0.05) is 17.2 Å². The highest BCUT2D eigenvalue weighted by Crippen LogP contribution is 2.48. The van der Waals surface area contributed by atoms with Gasteiger partial charge in [0.15, 0.2) is 0 Å². The number of hydrogen-bond donors (Lipinski definition) is 1. The van der Waals surface area contributed by atoms with Gasteiger partial charge in [0.2, 0.25) is 0 Å². The van der Waals surface area contributed by atoms with Gasteiger partial charge < -0.3 is 10.2 Å². The Morgan fingerprint density at radius 3 is 2.30 bits per heavy atom. The van der Waals surface area contributed by atoms with Crippen LogP contribution in [0.3, 0.4) is 0 Å². The SMILES string of the molecule is CCCC(c1ccc(C(=O)NCC2=CN=N2)cc1)N1C(=O)C(c2cc(F)cc(F)c2)=NC12CCC(C(C)C)CC2. The summed E-state index contributed by atoms with van der Waals surface area (Å²) in [6, 6.07) is 10.2. The molecule has 1 aliphatic carbocycles. The van der Waals surface area contributed by atoms with Crippen LogP contribution in [0.15, 0.2) is 69.6 Å². The number of azo groups is 1. The van der Waals surface area contributed by atoms with E-state index >= 15 is 0 Å². The molecule has 0 bridgehead atoms. The van der Waals surface area contributed by atoms with Crippen molar-refractivity contribution in [1.29, 1.82) is 0 Å². The third-order valence-corrected chi connectivity index (χ3v) is 8.35. The van der Waals surface area contributed by atoms with Gasteiger partial charge in [-0.15, -0.1) is 0 Å². The van der Waals surface area contributed by atoms with Crippen LogP contribution in [0.5, 0.6) is 0 Å². The first-order valence-corrected chi connectivity index (χ1v) is 14.1. The Hall–Kier alpha value is -3.75. The lowest BCUT2D eigenvalue weighted by atomic mass is 9.76. The van der Waals surface area contributed by atoms with Gasteiger partial charge in [0.05, 0.1) is 18.8 Å². The fourth-order valence-corrected chi connectivity index (χ4v) is 6.11. The Morgan fingerprint density at radius 1 is 1.10 bits per heavy atom. The lowest BCUT2D eigenvalue weighted by Crippen LogP contribution is -2.51. The van der Waals surface area contributed by atoms with Gasteiger partial charge in [-0.05, 0) is 73.8 Å². The zero-order valence-electron chi connectivity index (χ0n) is 23.2. The first kappa shape index (κ1) is 27.8. The average Bonchev–Trinajstić information content (AvgIpc) is 3.17. The molecule has 2 amide bonds. The van der Waals surface area contributed by atoms with E-state index < -0.39 is 17.3 Å². The van der Waals surface area contributed by atoms with Crippen molar-refractivity contribution < 1.29 is 18.4 Å². The summed E-state index contributed by atoms with van der Waals surface area (Å²) in [5.74, 6) is -0.947. The standard InChI is InChI=1S/C31H35F2N5O2/c1-4-5-27(21-6-8-22(9-7-21)29(39)34-17-26-18-35-37-26)38-30(40)28(23-14-24(32)16-25(33)15-23)36-31(38)12-10-20(11-13-31)19(2)3/h6-9,14-16,18-20,27H,4-5,10-13,17H2,1-3H3,(H,34,39). The largest absolute Gasteiger partial charge is 0.346 e. The molecule has 0 radical (unpaired) electrons. The number of rotatable bonds is 9. The first-order chi connectivity index (χ1) is 19.2. The highest BCUT2D eigenvalue weighted by atomic mass is 19.1. The molecule has 1 fully saturated rings. The number of benzene rings is 2.